The summed E-state index contributed by atoms with van der Waals surface area (Å²) < 4.78 is 73.2. The van der Waals surface area contributed by atoms with Gasteiger partial charge in [0.25, 0.3) is 5.25 Å². The minimum atomic E-state index is -4.70. The van der Waals surface area contributed by atoms with E-state index in [-0.39, 0.29) is 45.4 Å². The summed E-state index contributed by atoms with van der Waals surface area (Å²) in [5.74, 6) is -0.0949. The van der Waals surface area contributed by atoms with E-state index in [0.717, 1.165) is 4.68 Å². The molecule has 0 saturated heterocycles. The fourth-order valence-corrected chi connectivity index (χ4v) is 4.33. The van der Waals surface area contributed by atoms with Gasteiger partial charge < -0.3 is 9.84 Å². The van der Waals surface area contributed by atoms with E-state index in [9.17, 15) is 27.1 Å². The van der Waals surface area contributed by atoms with Crippen molar-refractivity contribution in [3.8, 4) is 17.2 Å². The number of aromatic nitrogens is 2. The number of alkyl halides is 5. The normalized spacial score (nSPS) is 12.5. The maximum absolute atomic E-state index is 13.9. The van der Waals surface area contributed by atoms with Gasteiger partial charge in [0.15, 0.2) is 17.3 Å². The van der Waals surface area contributed by atoms with E-state index in [4.69, 9.17) is 27.9 Å². The zero-order valence-electron chi connectivity index (χ0n) is 17.7. The Labute approximate surface area is 205 Å². The number of halogens is 7. The van der Waals surface area contributed by atoms with Crippen molar-refractivity contribution in [1.29, 1.82) is 0 Å². The number of hydrogen-bond acceptors (Lipinski definition) is 5. The molecule has 3 aromatic rings. The maximum atomic E-state index is 13.9. The van der Waals surface area contributed by atoms with E-state index >= 15 is 0 Å². The van der Waals surface area contributed by atoms with E-state index in [1.165, 1.54) is 38.4 Å². The van der Waals surface area contributed by atoms with Crippen LogP contribution in [0.1, 0.15) is 23.7 Å². The Balaban J connectivity index is 2.21. The molecule has 0 spiro atoms. The smallest absolute Gasteiger partial charge is 0.416 e. The molecule has 5 nitrogen and oxygen atoms in total. The summed E-state index contributed by atoms with van der Waals surface area (Å²) in [6, 6.07) is 5.63. The van der Waals surface area contributed by atoms with Crippen LogP contribution in [0, 0.1) is 6.92 Å². The van der Waals surface area contributed by atoms with Crippen molar-refractivity contribution >= 4 is 47.0 Å². The minimum Gasteiger partial charge on any atom is -0.504 e. The van der Waals surface area contributed by atoms with Crippen LogP contribution >= 0.6 is 35.0 Å². The number of methoxy groups -OCH3 is 1. The summed E-state index contributed by atoms with van der Waals surface area (Å²) in [5.41, 5.74) is -0.662. The van der Waals surface area contributed by atoms with Gasteiger partial charge in [0.2, 0.25) is 0 Å². The third kappa shape index (κ3) is 5.76. The molecule has 13 heteroatoms. The van der Waals surface area contributed by atoms with Crippen LogP contribution in [0.2, 0.25) is 10.0 Å². The highest BCUT2D eigenvalue weighted by Crippen LogP contribution is 2.45. The number of phenols is 1. The lowest BCUT2D eigenvalue weighted by Crippen LogP contribution is -2.07. The van der Waals surface area contributed by atoms with Gasteiger partial charge in [0, 0.05) is 13.1 Å². The lowest BCUT2D eigenvalue weighted by molar-refractivity contribution is -0.137. The fraction of sp³-hybridized carbons (Fsp3) is 0.238. The maximum Gasteiger partial charge on any atom is 0.416 e. The SMILES string of the molecule is COc1cc(C=Nc2c(SC(C)(F)F)c(C)nn2-c2c(Cl)cc(C(F)(F)F)cc2Cl)ccc1O. The second-order valence-electron chi connectivity index (χ2n) is 7.04. The van der Waals surface area contributed by atoms with Crippen molar-refractivity contribution < 1.29 is 31.8 Å². The van der Waals surface area contributed by atoms with Crippen LogP contribution in [-0.2, 0) is 6.18 Å². The molecule has 34 heavy (non-hydrogen) atoms. The number of ether oxygens (including phenoxy) is 1. The Morgan fingerprint density at radius 1 is 1.12 bits per heavy atom. The number of thioether (sulfide) groups is 1. The molecule has 0 aliphatic heterocycles. The van der Waals surface area contributed by atoms with Crippen LogP contribution < -0.4 is 4.74 Å². The molecule has 182 valence electrons. The molecule has 0 radical (unpaired) electrons. The highest BCUT2D eigenvalue weighted by atomic mass is 35.5. The predicted octanol–water partition coefficient (Wildman–Crippen LogP) is 7.68. The number of aromatic hydroxyl groups is 1. The molecule has 0 aliphatic carbocycles. The number of nitrogens with zero attached hydrogens (tertiary/aromatic N) is 3. The van der Waals surface area contributed by atoms with Crippen molar-refractivity contribution in [2.45, 2.75) is 30.2 Å². The van der Waals surface area contributed by atoms with Crippen molar-refractivity contribution in [3.05, 3.63) is 57.2 Å². The van der Waals surface area contributed by atoms with Crippen LogP contribution in [0.3, 0.4) is 0 Å². The molecule has 0 atom stereocenters. The molecule has 0 aliphatic rings. The van der Waals surface area contributed by atoms with Gasteiger partial charge >= 0.3 is 6.18 Å². The summed E-state index contributed by atoms with van der Waals surface area (Å²) in [7, 11) is 1.35. The molecule has 0 amide bonds. The lowest BCUT2D eigenvalue weighted by atomic mass is 10.2. The number of hydrogen-bond donors (Lipinski definition) is 1. The quantitative estimate of drug-likeness (QED) is 0.198. The summed E-state index contributed by atoms with van der Waals surface area (Å²) in [6.07, 6.45) is -3.41. The Bertz CT molecular complexity index is 1230. The second-order valence-corrected chi connectivity index (χ2v) is 9.18. The van der Waals surface area contributed by atoms with Gasteiger partial charge in [-0.1, -0.05) is 23.2 Å². The monoisotopic (exact) mass is 539 g/mol. The largest absolute Gasteiger partial charge is 0.504 e. The third-order valence-corrected chi connectivity index (χ3v) is 5.98. The van der Waals surface area contributed by atoms with Gasteiger partial charge in [-0.05, 0) is 54.6 Å². The molecule has 1 N–H and O–H groups in total. The molecule has 0 fully saturated rings. The number of phenolic OH excluding ortho intramolecular Hbond substituents is 1. The topological polar surface area (TPSA) is 59.6 Å². The molecular weight excluding hydrogens is 524 g/mol. The molecule has 1 aromatic heterocycles. The molecule has 0 unspecified atom stereocenters. The van der Waals surface area contributed by atoms with Gasteiger partial charge in [-0.3, -0.25) is 0 Å². The average Bonchev–Trinajstić information content (AvgIpc) is 2.99. The Kier molecular flexibility index (Phi) is 7.40. The Hall–Kier alpha value is -2.50. The van der Waals surface area contributed by atoms with E-state index in [2.05, 4.69) is 10.1 Å². The molecular formula is C21H16Cl2F5N3O2S. The van der Waals surface area contributed by atoms with E-state index in [0.29, 0.717) is 24.6 Å². The first-order valence-electron chi connectivity index (χ1n) is 9.35. The highest BCUT2D eigenvalue weighted by Gasteiger charge is 2.34. The fourth-order valence-electron chi connectivity index (χ4n) is 2.91. The molecule has 2 aromatic carbocycles. The van der Waals surface area contributed by atoms with E-state index in [1.807, 2.05) is 0 Å². The van der Waals surface area contributed by atoms with Gasteiger partial charge in [0.1, 0.15) is 5.69 Å². The van der Waals surface area contributed by atoms with Crippen LogP contribution in [0.5, 0.6) is 11.5 Å². The van der Waals surface area contributed by atoms with Crippen molar-refractivity contribution in [3.63, 3.8) is 0 Å². The van der Waals surface area contributed by atoms with Crippen molar-refractivity contribution in [1.82, 2.24) is 9.78 Å². The highest BCUT2D eigenvalue weighted by molar-refractivity contribution is 8.00. The van der Waals surface area contributed by atoms with Crippen molar-refractivity contribution in [2.75, 3.05) is 7.11 Å². The minimum absolute atomic E-state index is 0.0264. The molecule has 0 bridgehead atoms. The summed E-state index contributed by atoms with van der Waals surface area (Å²) in [5, 5.41) is 9.92. The number of benzene rings is 2. The third-order valence-electron chi connectivity index (χ3n) is 4.36. The summed E-state index contributed by atoms with van der Waals surface area (Å²) in [4.78, 5) is 4.23. The summed E-state index contributed by atoms with van der Waals surface area (Å²) >= 11 is 12.4. The van der Waals surface area contributed by atoms with Gasteiger partial charge in [-0.15, -0.1) is 0 Å². The number of rotatable bonds is 6. The second kappa shape index (κ2) is 9.63. The number of aryl methyl sites for hydroxylation is 1. The zero-order chi connectivity index (χ0) is 25.4. The van der Waals surface area contributed by atoms with Gasteiger partial charge in [-0.25, -0.2) is 9.67 Å². The Morgan fingerprint density at radius 3 is 2.26 bits per heavy atom. The lowest BCUT2D eigenvalue weighted by Gasteiger charge is -2.14. The number of aliphatic imine (C=N–C) groups is 1. The first-order valence-corrected chi connectivity index (χ1v) is 10.9. The zero-order valence-corrected chi connectivity index (χ0v) is 20.0. The standard InChI is InChI=1S/C21H16Cl2F5N3O2S/c1-10-18(34-20(2,24)25)19(29-9-11-4-5-15(32)16(6-11)33-3)31(30-10)17-13(22)7-12(8-14(17)23)21(26,27)28/h4-9,32H,1-3H3. The van der Waals surface area contributed by atoms with E-state index in [1.54, 1.807) is 0 Å². The molecule has 0 saturated carbocycles. The van der Waals surface area contributed by atoms with Crippen LogP contribution in [-0.4, -0.2) is 33.5 Å². The van der Waals surface area contributed by atoms with Crippen LogP contribution in [0.4, 0.5) is 27.8 Å². The van der Waals surface area contributed by atoms with Gasteiger partial charge in [0.05, 0.1) is 33.3 Å². The predicted molar refractivity (Wildman–Crippen MR) is 122 cm³/mol. The van der Waals surface area contributed by atoms with Crippen molar-refractivity contribution in [2.24, 2.45) is 4.99 Å². The first-order chi connectivity index (χ1) is 15.7. The van der Waals surface area contributed by atoms with Crippen LogP contribution in [0.25, 0.3) is 5.69 Å². The molecule has 1 heterocycles. The van der Waals surface area contributed by atoms with Crippen LogP contribution in [0.15, 0.2) is 40.2 Å². The molecule has 3 rings (SSSR count). The van der Waals surface area contributed by atoms with Gasteiger partial charge in [-0.2, -0.15) is 27.1 Å². The average molecular weight is 540 g/mol. The summed E-state index contributed by atoms with van der Waals surface area (Å²) in [6.45, 7) is 2.13. The Morgan fingerprint density at radius 2 is 1.74 bits per heavy atom. The van der Waals surface area contributed by atoms with E-state index < -0.39 is 27.0 Å². The first kappa shape index (κ1) is 26.1.